The zero-order valence-corrected chi connectivity index (χ0v) is 29.2. The SMILES string of the molecule is COC1CCC(C2CC(C(C)C)C3CC4(C)CC5(C)CC(C)C(C(C)C)C(C)C5(C)C(C)C4C(C)C3C2C)CC1. The molecule has 5 aliphatic carbocycles. The van der Waals surface area contributed by atoms with Crippen LogP contribution in [-0.2, 0) is 4.74 Å². The van der Waals surface area contributed by atoms with Crippen LogP contribution in [0.5, 0.6) is 0 Å². The highest BCUT2D eigenvalue weighted by atomic mass is 16.5. The molecule has 0 spiro atoms. The van der Waals surface area contributed by atoms with Crippen molar-refractivity contribution >= 4 is 0 Å². The van der Waals surface area contributed by atoms with Gasteiger partial charge in [0.1, 0.15) is 0 Å². The highest BCUT2D eigenvalue weighted by Crippen LogP contribution is 2.75. The zero-order valence-electron chi connectivity index (χ0n) is 29.2. The van der Waals surface area contributed by atoms with Crippen molar-refractivity contribution in [2.45, 2.75) is 141 Å². The topological polar surface area (TPSA) is 9.23 Å². The van der Waals surface area contributed by atoms with Crippen LogP contribution in [0.15, 0.2) is 0 Å². The second-order valence-electron chi connectivity index (χ2n) is 18.5. The van der Waals surface area contributed by atoms with Crippen molar-refractivity contribution in [3.8, 4) is 0 Å². The third-order valence-electron chi connectivity index (χ3n) is 16.4. The Hall–Kier alpha value is -0.0400. The molecular formula is C39H70O. The second-order valence-corrected chi connectivity index (χ2v) is 18.5. The van der Waals surface area contributed by atoms with Crippen molar-refractivity contribution in [3.05, 3.63) is 0 Å². The summed E-state index contributed by atoms with van der Waals surface area (Å²) in [6, 6.07) is 0. The van der Waals surface area contributed by atoms with Gasteiger partial charge >= 0.3 is 0 Å². The van der Waals surface area contributed by atoms with Gasteiger partial charge < -0.3 is 4.74 Å². The standard InChI is InChI=1S/C39H70O/c1-22(2)31-18-32(29-14-16-30(40-13)17-15-29)25(6)35-26(7)36-28(9)39(12)27(8)34(23(3)4)24(5)19-38(39,11)21-37(36,10)20-33(31)35/h22-36H,14-21H2,1-13H3. The molecule has 0 aromatic carbocycles. The first-order valence-electron chi connectivity index (χ1n) is 18.1. The number of rotatable bonds is 4. The molecule has 0 bridgehead atoms. The van der Waals surface area contributed by atoms with E-state index in [2.05, 4.69) is 83.1 Å². The van der Waals surface area contributed by atoms with Gasteiger partial charge in [0.2, 0.25) is 0 Å². The molecule has 5 fully saturated rings. The lowest BCUT2D eigenvalue weighted by Crippen LogP contribution is -2.67. The Morgan fingerprint density at radius 3 is 1.90 bits per heavy atom. The monoisotopic (exact) mass is 555 g/mol. The normalized spacial score (nSPS) is 56.9. The Bertz CT molecular complexity index is 883. The minimum atomic E-state index is 0.438. The lowest BCUT2D eigenvalue weighted by Gasteiger charge is -2.73. The van der Waals surface area contributed by atoms with E-state index in [1.54, 1.807) is 0 Å². The van der Waals surface area contributed by atoms with E-state index in [0.717, 1.165) is 82.9 Å². The van der Waals surface area contributed by atoms with Crippen molar-refractivity contribution < 1.29 is 4.74 Å². The summed E-state index contributed by atoms with van der Waals surface area (Å²) in [6.45, 7) is 32.1. The Labute approximate surface area is 251 Å². The fourth-order valence-electron chi connectivity index (χ4n) is 15.0. The van der Waals surface area contributed by atoms with Gasteiger partial charge in [0.05, 0.1) is 6.10 Å². The summed E-state index contributed by atoms with van der Waals surface area (Å²) in [5, 5.41) is 0. The molecule has 0 N–H and O–H groups in total. The van der Waals surface area contributed by atoms with Crippen LogP contribution in [0.3, 0.4) is 0 Å². The smallest absolute Gasteiger partial charge is 0.0571 e. The third kappa shape index (κ3) is 4.53. The van der Waals surface area contributed by atoms with Gasteiger partial charge in [-0.1, -0.05) is 83.1 Å². The van der Waals surface area contributed by atoms with Crippen LogP contribution >= 0.6 is 0 Å². The van der Waals surface area contributed by atoms with Crippen molar-refractivity contribution in [1.82, 2.24) is 0 Å². The second kappa shape index (κ2) is 10.8. The van der Waals surface area contributed by atoms with Crippen LogP contribution in [0.1, 0.15) is 134 Å². The number of ether oxygens (including phenoxy) is 1. The molecule has 0 aromatic heterocycles. The summed E-state index contributed by atoms with van der Waals surface area (Å²) in [7, 11) is 1.93. The molecule has 1 heteroatoms. The van der Waals surface area contributed by atoms with Crippen LogP contribution in [0.2, 0.25) is 0 Å². The maximum Gasteiger partial charge on any atom is 0.0571 e. The molecule has 0 saturated heterocycles. The molecule has 0 radical (unpaired) electrons. The first-order valence-corrected chi connectivity index (χ1v) is 18.1. The summed E-state index contributed by atoms with van der Waals surface area (Å²) in [5.41, 5.74) is 1.40. The van der Waals surface area contributed by atoms with Crippen LogP contribution in [0.25, 0.3) is 0 Å². The first kappa shape index (κ1) is 31.4. The van der Waals surface area contributed by atoms with Crippen molar-refractivity contribution in [2.24, 2.45) is 99.1 Å². The Balaban J connectivity index is 1.50. The third-order valence-corrected chi connectivity index (χ3v) is 16.4. The summed E-state index contributed by atoms with van der Waals surface area (Å²) >= 11 is 0. The number of hydrogen-bond acceptors (Lipinski definition) is 1. The van der Waals surface area contributed by atoms with Gasteiger partial charge in [0.15, 0.2) is 0 Å². The van der Waals surface area contributed by atoms with Crippen LogP contribution < -0.4 is 0 Å². The van der Waals surface area contributed by atoms with Crippen LogP contribution in [-0.4, -0.2) is 13.2 Å². The number of fused-ring (bicyclic) bond motifs is 3. The molecule has 0 aliphatic heterocycles. The molecule has 1 nitrogen and oxygen atoms in total. The van der Waals surface area contributed by atoms with Crippen molar-refractivity contribution in [2.75, 3.05) is 7.11 Å². The van der Waals surface area contributed by atoms with E-state index in [0.29, 0.717) is 22.3 Å². The van der Waals surface area contributed by atoms with Crippen molar-refractivity contribution in [3.63, 3.8) is 0 Å². The van der Waals surface area contributed by atoms with Crippen LogP contribution in [0, 0.1) is 99.1 Å². The molecule has 5 saturated carbocycles. The maximum atomic E-state index is 5.80. The van der Waals surface area contributed by atoms with Gasteiger partial charge in [-0.15, -0.1) is 0 Å². The van der Waals surface area contributed by atoms with Crippen molar-refractivity contribution in [1.29, 1.82) is 0 Å². The van der Waals surface area contributed by atoms with E-state index in [-0.39, 0.29) is 0 Å². The highest BCUT2D eigenvalue weighted by Gasteiger charge is 2.69. The number of methoxy groups -OCH3 is 1. The van der Waals surface area contributed by atoms with Gasteiger partial charge in [0.25, 0.3) is 0 Å². The van der Waals surface area contributed by atoms with E-state index < -0.39 is 0 Å². The van der Waals surface area contributed by atoms with E-state index >= 15 is 0 Å². The molecule has 14 unspecified atom stereocenters. The van der Waals surface area contributed by atoms with E-state index in [4.69, 9.17) is 4.74 Å². The fraction of sp³-hybridized carbons (Fsp3) is 1.00. The predicted molar refractivity (Wildman–Crippen MR) is 172 cm³/mol. The minimum Gasteiger partial charge on any atom is -0.381 e. The van der Waals surface area contributed by atoms with Gasteiger partial charge in [-0.2, -0.15) is 0 Å². The molecule has 40 heavy (non-hydrogen) atoms. The van der Waals surface area contributed by atoms with E-state index in [1.807, 2.05) is 7.11 Å². The van der Waals surface area contributed by atoms with Gasteiger partial charge in [-0.25, -0.2) is 0 Å². The Morgan fingerprint density at radius 1 is 0.725 bits per heavy atom. The Kier molecular flexibility index (Phi) is 8.51. The van der Waals surface area contributed by atoms with Gasteiger partial charge in [-0.3, -0.25) is 0 Å². The lowest BCUT2D eigenvalue weighted by molar-refractivity contribution is -0.252. The Morgan fingerprint density at radius 2 is 1.35 bits per heavy atom. The number of hydrogen-bond donors (Lipinski definition) is 0. The minimum absolute atomic E-state index is 0.438. The molecule has 0 aromatic rings. The summed E-state index contributed by atoms with van der Waals surface area (Å²) < 4.78 is 5.80. The first-order chi connectivity index (χ1) is 18.6. The van der Waals surface area contributed by atoms with Gasteiger partial charge in [-0.05, 0) is 150 Å². The maximum absolute atomic E-state index is 5.80. The quantitative estimate of drug-likeness (QED) is 0.336. The molecule has 14 atom stereocenters. The van der Waals surface area contributed by atoms with E-state index in [1.165, 1.54) is 51.4 Å². The molecule has 5 rings (SSSR count). The van der Waals surface area contributed by atoms with E-state index in [9.17, 15) is 0 Å². The zero-order chi connectivity index (χ0) is 29.5. The molecular weight excluding hydrogens is 484 g/mol. The highest BCUT2D eigenvalue weighted by molar-refractivity contribution is 5.17. The molecule has 0 heterocycles. The lowest BCUT2D eigenvalue weighted by atomic mass is 9.31. The van der Waals surface area contributed by atoms with Gasteiger partial charge in [0, 0.05) is 7.11 Å². The van der Waals surface area contributed by atoms with Crippen LogP contribution in [0.4, 0.5) is 0 Å². The largest absolute Gasteiger partial charge is 0.381 e. The molecule has 232 valence electrons. The summed E-state index contributed by atoms with van der Waals surface area (Å²) in [4.78, 5) is 0. The molecule has 0 amide bonds. The average Bonchev–Trinajstić information content (AvgIpc) is 2.85. The average molecular weight is 555 g/mol. The predicted octanol–water partition coefficient (Wildman–Crippen LogP) is 11.0. The molecule has 5 aliphatic rings. The summed E-state index contributed by atoms with van der Waals surface area (Å²) in [6.07, 6.45) is 11.9. The summed E-state index contributed by atoms with van der Waals surface area (Å²) in [5.74, 6) is 12.1. The fourth-order valence-corrected chi connectivity index (χ4v) is 15.0.